The standard InChI is InChI=1S/C26H30F3N3O5S/c27-20-14-22(29)21(28)11-15(20)12-23(30)16-9-17-1-2-18(10-16)32(17)26(33)5-6-31-38(34,35)19-3-4-24-25(13-19)37-8-7-36-24/h3-4,11,13-14,16-18,23,31H,1-2,5-10,12,30H2/t16?,17?,18?,23-/m1/s1. The Kier molecular flexibility index (Phi) is 7.56. The Labute approximate surface area is 219 Å². The lowest BCUT2D eigenvalue weighted by atomic mass is 9.82. The molecular weight excluding hydrogens is 523 g/mol. The first-order chi connectivity index (χ1) is 18.1. The summed E-state index contributed by atoms with van der Waals surface area (Å²) in [7, 11) is -3.84. The second-order valence-corrected chi connectivity index (χ2v) is 11.9. The molecule has 2 unspecified atom stereocenters. The number of carbonyl (C=O) groups excluding carboxylic acids is 1. The summed E-state index contributed by atoms with van der Waals surface area (Å²) in [6.07, 6.45) is 2.94. The van der Waals surface area contributed by atoms with E-state index in [9.17, 15) is 26.4 Å². The number of ether oxygens (including phenoxy) is 2. The van der Waals surface area contributed by atoms with Crippen LogP contribution in [0.5, 0.6) is 11.5 Å². The minimum atomic E-state index is -3.84. The van der Waals surface area contributed by atoms with Crippen molar-refractivity contribution < 1.29 is 35.9 Å². The van der Waals surface area contributed by atoms with Gasteiger partial charge in [0.1, 0.15) is 19.0 Å². The van der Waals surface area contributed by atoms with E-state index in [1.807, 2.05) is 4.90 Å². The number of hydrogen-bond acceptors (Lipinski definition) is 6. The van der Waals surface area contributed by atoms with E-state index in [1.165, 1.54) is 12.1 Å². The van der Waals surface area contributed by atoms with Gasteiger partial charge in [-0.15, -0.1) is 0 Å². The quantitative estimate of drug-likeness (QED) is 0.487. The van der Waals surface area contributed by atoms with Gasteiger partial charge in [-0.05, 0) is 61.8 Å². The van der Waals surface area contributed by atoms with Gasteiger partial charge in [0.2, 0.25) is 15.9 Å². The fourth-order valence-corrected chi connectivity index (χ4v) is 6.86. The molecule has 0 radical (unpaired) electrons. The molecule has 3 heterocycles. The molecule has 206 valence electrons. The van der Waals surface area contributed by atoms with Crippen LogP contribution in [0.3, 0.4) is 0 Å². The van der Waals surface area contributed by atoms with Gasteiger partial charge >= 0.3 is 0 Å². The molecule has 0 aliphatic carbocycles. The molecule has 2 fully saturated rings. The lowest BCUT2D eigenvalue weighted by molar-refractivity contribution is -0.136. The van der Waals surface area contributed by atoms with Crippen molar-refractivity contribution in [2.24, 2.45) is 11.7 Å². The number of rotatable bonds is 8. The van der Waals surface area contributed by atoms with Gasteiger partial charge in [0.25, 0.3) is 0 Å². The van der Waals surface area contributed by atoms with Crippen molar-refractivity contribution in [1.82, 2.24) is 9.62 Å². The molecule has 5 rings (SSSR count). The van der Waals surface area contributed by atoms with Crippen LogP contribution in [0.1, 0.15) is 37.7 Å². The highest BCUT2D eigenvalue weighted by atomic mass is 32.2. The minimum absolute atomic E-state index is 0.00206. The average molecular weight is 554 g/mol. The van der Waals surface area contributed by atoms with Crippen LogP contribution >= 0.6 is 0 Å². The fourth-order valence-electron chi connectivity index (χ4n) is 5.81. The van der Waals surface area contributed by atoms with Crippen LogP contribution in [-0.2, 0) is 21.2 Å². The van der Waals surface area contributed by atoms with Gasteiger partial charge in [0, 0.05) is 43.2 Å². The molecule has 2 aromatic rings. The van der Waals surface area contributed by atoms with E-state index in [2.05, 4.69) is 4.72 Å². The molecule has 0 saturated carbocycles. The minimum Gasteiger partial charge on any atom is -0.486 e. The number of nitrogens with zero attached hydrogens (tertiary/aromatic N) is 1. The number of benzene rings is 2. The van der Waals surface area contributed by atoms with Gasteiger partial charge in [0.15, 0.2) is 23.1 Å². The molecule has 2 bridgehead atoms. The summed E-state index contributed by atoms with van der Waals surface area (Å²) in [5.41, 5.74) is 6.39. The van der Waals surface area contributed by atoms with E-state index in [1.54, 1.807) is 6.07 Å². The molecule has 12 heteroatoms. The molecule has 3 aliphatic heterocycles. The number of hydrogen-bond donors (Lipinski definition) is 2. The van der Waals surface area contributed by atoms with Crippen molar-refractivity contribution in [2.75, 3.05) is 19.8 Å². The van der Waals surface area contributed by atoms with Crippen LogP contribution in [0.4, 0.5) is 13.2 Å². The maximum absolute atomic E-state index is 14.1. The predicted molar refractivity (Wildman–Crippen MR) is 132 cm³/mol. The summed E-state index contributed by atoms with van der Waals surface area (Å²) in [4.78, 5) is 14.9. The zero-order chi connectivity index (χ0) is 27.0. The summed E-state index contributed by atoms with van der Waals surface area (Å²) in [5.74, 6) is -2.47. The molecular formula is C26H30F3N3O5S. The Bertz CT molecular complexity index is 1310. The fraction of sp³-hybridized carbons (Fsp3) is 0.500. The zero-order valence-electron chi connectivity index (χ0n) is 20.7. The van der Waals surface area contributed by atoms with Crippen molar-refractivity contribution in [3.05, 3.63) is 53.3 Å². The highest BCUT2D eigenvalue weighted by molar-refractivity contribution is 7.89. The summed E-state index contributed by atoms with van der Waals surface area (Å²) in [5, 5.41) is 0. The highest BCUT2D eigenvalue weighted by Gasteiger charge is 2.44. The topological polar surface area (TPSA) is 111 Å². The van der Waals surface area contributed by atoms with Crippen molar-refractivity contribution in [3.63, 3.8) is 0 Å². The van der Waals surface area contributed by atoms with Crippen molar-refractivity contribution in [1.29, 1.82) is 0 Å². The van der Waals surface area contributed by atoms with Crippen molar-refractivity contribution >= 4 is 15.9 Å². The second-order valence-electron chi connectivity index (χ2n) is 10.1. The summed E-state index contributed by atoms with van der Waals surface area (Å²) >= 11 is 0. The van der Waals surface area contributed by atoms with Crippen molar-refractivity contribution in [3.8, 4) is 11.5 Å². The molecule has 1 amide bonds. The third kappa shape index (κ3) is 5.48. The van der Waals surface area contributed by atoms with Gasteiger partial charge in [-0.25, -0.2) is 26.3 Å². The van der Waals surface area contributed by atoms with E-state index < -0.39 is 33.5 Å². The van der Waals surface area contributed by atoms with Gasteiger partial charge < -0.3 is 20.1 Å². The second kappa shape index (κ2) is 10.7. The maximum atomic E-state index is 14.1. The largest absolute Gasteiger partial charge is 0.486 e. The van der Waals surface area contributed by atoms with Gasteiger partial charge in [-0.3, -0.25) is 4.79 Å². The number of piperidine rings is 1. The van der Waals surface area contributed by atoms with E-state index in [0.29, 0.717) is 43.6 Å². The highest BCUT2D eigenvalue weighted by Crippen LogP contribution is 2.40. The van der Waals surface area contributed by atoms with Crippen LogP contribution in [0.25, 0.3) is 0 Å². The first-order valence-electron chi connectivity index (χ1n) is 12.7. The molecule has 2 aromatic carbocycles. The Morgan fingerprint density at radius 1 is 1.00 bits per heavy atom. The average Bonchev–Trinajstić information content (AvgIpc) is 3.15. The van der Waals surface area contributed by atoms with Crippen LogP contribution in [0.2, 0.25) is 0 Å². The molecule has 3 N–H and O–H groups in total. The summed E-state index contributed by atoms with van der Waals surface area (Å²) < 4.78 is 79.8. The monoisotopic (exact) mass is 553 g/mol. The van der Waals surface area contributed by atoms with Crippen LogP contribution < -0.4 is 19.9 Å². The summed E-state index contributed by atoms with van der Waals surface area (Å²) in [6, 6.07) is 5.21. The first-order valence-corrected chi connectivity index (χ1v) is 14.2. The van der Waals surface area contributed by atoms with E-state index in [-0.39, 0.29) is 53.8 Å². The van der Waals surface area contributed by atoms with E-state index in [4.69, 9.17) is 15.2 Å². The normalized spacial score (nSPS) is 23.4. The number of carbonyl (C=O) groups is 1. The lowest BCUT2D eigenvalue weighted by Crippen LogP contribution is -2.50. The van der Waals surface area contributed by atoms with Gasteiger partial charge in [0.05, 0.1) is 4.90 Å². The van der Waals surface area contributed by atoms with Crippen LogP contribution in [0, 0.1) is 23.4 Å². The number of fused-ring (bicyclic) bond motifs is 3. The number of halogens is 3. The molecule has 8 nitrogen and oxygen atoms in total. The van der Waals surface area contributed by atoms with E-state index >= 15 is 0 Å². The van der Waals surface area contributed by atoms with Crippen molar-refractivity contribution in [2.45, 2.75) is 61.5 Å². The molecule has 3 atom stereocenters. The molecule has 0 spiro atoms. The number of sulfonamides is 1. The number of nitrogens with two attached hydrogens (primary N) is 1. The number of amides is 1. The van der Waals surface area contributed by atoms with Crippen LogP contribution in [-0.4, -0.2) is 57.1 Å². The van der Waals surface area contributed by atoms with Gasteiger partial charge in [-0.2, -0.15) is 0 Å². The Morgan fingerprint density at radius 2 is 1.66 bits per heavy atom. The van der Waals surface area contributed by atoms with E-state index in [0.717, 1.165) is 18.9 Å². The Hall–Kier alpha value is -2.83. The number of nitrogens with one attached hydrogen (secondary N) is 1. The predicted octanol–water partition coefficient (Wildman–Crippen LogP) is 2.88. The zero-order valence-corrected chi connectivity index (χ0v) is 21.5. The summed E-state index contributed by atoms with van der Waals surface area (Å²) in [6.45, 7) is 0.686. The Balaban J connectivity index is 1.15. The van der Waals surface area contributed by atoms with Crippen LogP contribution in [0.15, 0.2) is 35.2 Å². The van der Waals surface area contributed by atoms with Gasteiger partial charge in [-0.1, -0.05) is 0 Å². The smallest absolute Gasteiger partial charge is 0.240 e. The molecule has 0 aromatic heterocycles. The molecule has 38 heavy (non-hydrogen) atoms. The lowest BCUT2D eigenvalue weighted by Gasteiger charge is -2.41. The molecule has 3 aliphatic rings. The maximum Gasteiger partial charge on any atom is 0.240 e. The first kappa shape index (κ1) is 26.8. The third-order valence-electron chi connectivity index (χ3n) is 7.66. The third-order valence-corrected chi connectivity index (χ3v) is 9.12. The Morgan fingerprint density at radius 3 is 2.37 bits per heavy atom. The molecule has 2 saturated heterocycles. The SMILES string of the molecule is N[C@H](Cc1cc(F)c(F)cc1F)C1CC2CCC(C1)N2C(=O)CCNS(=O)(=O)c1ccc2c(c1)OCCO2.